The van der Waals surface area contributed by atoms with Crippen molar-refractivity contribution in [1.82, 2.24) is 15.1 Å². The van der Waals surface area contributed by atoms with Crippen LogP contribution >= 0.6 is 0 Å². The molecule has 4 amide bonds. The molecular weight excluding hydrogens is 510 g/mol. The van der Waals surface area contributed by atoms with Crippen molar-refractivity contribution in [2.45, 2.75) is 37.1 Å². The van der Waals surface area contributed by atoms with Crippen molar-refractivity contribution in [2.75, 3.05) is 50.8 Å². The monoisotopic (exact) mass is 545 g/mol. The second kappa shape index (κ2) is 10.6. The first-order valence-electron chi connectivity index (χ1n) is 14.1. The summed E-state index contributed by atoms with van der Waals surface area (Å²) in [5.41, 5.74) is 6.88. The number of nitrogens with one attached hydrogen (secondary N) is 1. The fourth-order valence-electron chi connectivity index (χ4n) is 6.90. The van der Waals surface area contributed by atoms with Gasteiger partial charge in [-0.1, -0.05) is 30.3 Å². The Hall–Kier alpha value is -3.92. The zero-order chi connectivity index (χ0) is 27.9. The Morgan fingerprint density at radius 1 is 1.05 bits per heavy atom. The van der Waals surface area contributed by atoms with Gasteiger partial charge in [0.1, 0.15) is 17.7 Å². The molecule has 2 fully saturated rings. The van der Waals surface area contributed by atoms with Crippen molar-refractivity contribution in [3.63, 3.8) is 0 Å². The van der Waals surface area contributed by atoms with Gasteiger partial charge in [-0.05, 0) is 68.1 Å². The lowest BCUT2D eigenvalue weighted by molar-refractivity contribution is -0.135. The van der Waals surface area contributed by atoms with Crippen LogP contribution in [0.4, 0.5) is 5.69 Å². The molecule has 4 aliphatic heterocycles. The molecular formula is C30H35N5O5. The summed E-state index contributed by atoms with van der Waals surface area (Å²) in [6.07, 6.45) is 2.35. The van der Waals surface area contributed by atoms with Gasteiger partial charge in [-0.2, -0.15) is 0 Å². The highest BCUT2D eigenvalue weighted by Crippen LogP contribution is 2.56. The number of carbonyl (C=O) groups excluding carboxylic acids is 4. The maximum Gasteiger partial charge on any atom is 0.240 e. The molecule has 0 unspecified atom stereocenters. The largest absolute Gasteiger partial charge is 0.494 e. The molecule has 0 aromatic heterocycles. The molecule has 210 valence electrons. The normalized spacial score (nSPS) is 25.4. The van der Waals surface area contributed by atoms with Crippen LogP contribution in [0.5, 0.6) is 5.75 Å². The summed E-state index contributed by atoms with van der Waals surface area (Å²) in [4.78, 5) is 58.4. The third-order valence-corrected chi connectivity index (χ3v) is 8.88. The van der Waals surface area contributed by atoms with Crippen LogP contribution in [0.2, 0.25) is 0 Å². The number of piperidine rings is 1. The SMILES string of the molecule is NC(=O)C1CCN(CC(=O)N2CC[C@]34C(=O)N(CC(=O)NCCCOc5cccc(c5)[C@H]23)c2ccccc24)CC1. The lowest BCUT2D eigenvalue weighted by Gasteiger charge is -2.37. The fraction of sp³-hybridized carbons (Fsp3) is 0.467. The summed E-state index contributed by atoms with van der Waals surface area (Å²) < 4.78 is 6.00. The van der Waals surface area contributed by atoms with Crippen LogP contribution < -0.4 is 20.7 Å². The van der Waals surface area contributed by atoms with Gasteiger partial charge < -0.3 is 25.6 Å². The number of nitrogens with zero attached hydrogens (tertiary/aromatic N) is 3. The van der Waals surface area contributed by atoms with Gasteiger partial charge >= 0.3 is 0 Å². The molecule has 1 spiro atoms. The summed E-state index contributed by atoms with van der Waals surface area (Å²) in [5, 5.41) is 2.91. The molecule has 4 heterocycles. The minimum absolute atomic E-state index is 0.0617. The summed E-state index contributed by atoms with van der Waals surface area (Å²) in [7, 11) is 0. The van der Waals surface area contributed by atoms with Crippen molar-refractivity contribution in [2.24, 2.45) is 11.7 Å². The maximum absolute atomic E-state index is 14.5. The van der Waals surface area contributed by atoms with E-state index in [1.54, 1.807) is 4.90 Å². The predicted molar refractivity (Wildman–Crippen MR) is 147 cm³/mol. The van der Waals surface area contributed by atoms with E-state index in [4.69, 9.17) is 10.5 Å². The van der Waals surface area contributed by atoms with Crippen molar-refractivity contribution in [3.8, 4) is 5.75 Å². The average Bonchev–Trinajstić information content (AvgIpc) is 3.46. The molecule has 6 rings (SSSR count). The van der Waals surface area contributed by atoms with Crippen molar-refractivity contribution >= 4 is 29.3 Å². The van der Waals surface area contributed by atoms with Gasteiger partial charge in [-0.15, -0.1) is 0 Å². The van der Waals surface area contributed by atoms with Crippen LogP contribution in [-0.4, -0.2) is 79.3 Å². The Labute approximate surface area is 233 Å². The molecule has 2 saturated heterocycles. The van der Waals surface area contributed by atoms with E-state index >= 15 is 0 Å². The Bertz CT molecular complexity index is 1340. The minimum Gasteiger partial charge on any atom is -0.494 e. The molecule has 10 nitrogen and oxygen atoms in total. The van der Waals surface area contributed by atoms with Gasteiger partial charge in [0.25, 0.3) is 0 Å². The number of amides is 4. The molecule has 2 aromatic carbocycles. The van der Waals surface area contributed by atoms with E-state index in [0.29, 0.717) is 64.2 Å². The van der Waals surface area contributed by atoms with Crippen LogP contribution in [-0.2, 0) is 24.6 Å². The van der Waals surface area contributed by atoms with E-state index in [1.807, 2.05) is 53.4 Å². The zero-order valence-electron chi connectivity index (χ0n) is 22.5. The van der Waals surface area contributed by atoms with Gasteiger partial charge in [0, 0.05) is 24.7 Å². The number of carbonyl (C=O) groups is 4. The van der Waals surface area contributed by atoms with Gasteiger partial charge in [0.2, 0.25) is 23.6 Å². The first-order chi connectivity index (χ1) is 19.4. The summed E-state index contributed by atoms with van der Waals surface area (Å²) >= 11 is 0. The zero-order valence-corrected chi connectivity index (χ0v) is 22.5. The number of hydrogen-bond acceptors (Lipinski definition) is 6. The van der Waals surface area contributed by atoms with E-state index in [9.17, 15) is 19.2 Å². The van der Waals surface area contributed by atoms with Crippen LogP contribution in [0.1, 0.15) is 42.9 Å². The molecule has 4 bridgehead atoms. The predicted octanol–water partition coefficient (Wildman–Crippen LogP) is 1.34. The van der Waals surface area contributed by atoms with E-state index < -0.39 is 11.5 Å². The van der Waals surface area contributed by atoms with Crippen molar-refractivity contribution in [1.29, 1.82) is 0 Å². The lowest BCUT2D eigenvalue weighted by Crippen LogP contribution is -2.49. The molecule has 2 aromatic rings. The number of nitrogens with two attached hydrogens (primary N) is 1. The van der Waals surface area contributed by atoms with Crippen LogP contribution in [0.3, 0.4) is 0 Å². The topological polar surface area (TPSA) is 125 Å². The van der Waals surface area contributed by atoms with Crippen LogP contribution in [0, 0.1) is 5.92 Å². The Morgan fingerprint density at radius 2 is 1.85 bits per heavy atom. The van der Waals surface area contributed by atoms with Gasteiger partial charge in [-0.3, -0.25) is 24.1 Å². The molecule has 0 radical (unpaired) electrons. The second-order valence-corrected chi connectivity index (χ2v) is 11.2. The number of para-hydroxylation sites is 1. The van der Waals surface area contributed by atoms with Gasteiger partial charge in [0.15, 0.2) is 0 Å². The molecule has 4 aliphatic rings. The highest BCUT2D eigenvalue weighted by molar-refractivity contribution is 6.12. The first-order valence-corrected chi connectivity index (χ1v) is 14.1. The number of likely N-dealkylation sites (tertiary alicyclic amines) is 2. The number of primary amides is 1. The number of benzene rings is 2. The number of fused-ring (bicyclic) bond motifs is 6. The van der Waals surface area contributed by atoms with Crippen LogP contribution in [0.15, 0.2) is 48.5 Å². The number of hydrogen-bond donors (Lipinski definition) is 2. The first kappa shape index (κ1) is 26.3. The highest BCUT2D eigenvalue weighted by Gasteiger charge is 2.61. The van der Waals surface area contributed by atoms with Crippen molar-refractivity contribution in [3.05, 3.63) is 59.7 Å². The highest BCUT2D eigenvalue weighted by atomic mass is 16.5. The lowest BCUT2D eigenvalue weighted by atomic mass is 9.72. The molecule has 2 atom stereocenters. The Balaban J connectivity index is 1.39. The smallest absolute Gasteiger partial charge is 0.240 e. The molecule has 10 heteroatoms. The minimum atomic E-state index is -1.02. The Kier molecular flexibility index (Phi) is 6.95. The molecule has 40 heavy (non-hydrogen) atoms. The van der Waals surface area contributed by atoms with E-state index in [1.165, 1.54) is 0 Å². The number of ether oxygens (including phenoxy) is 1. The third kappa shape index (κ3) is 4.50. The standard InChI is InChI=1S/C30H35N5O5/c31-28(38)20-9-13-33(14-10-20)19-26(37)34-15-11-30-23-7-1-2-8-24(23)35(29(30)39)18-25(36)32-12-4-16-40-22-6-3-5-21(17-22)27(30)34/h1-3,5-8,17,20,27H,4,9-16,18-19H2,(H2,31,38)(H,32,36)/t27-,30+/m0/s1. The summed E-state index contributed by atoms with van der Waals surface area (Å²) in [6, 6.07) is 14.8. The van der Waals surface area contributed by atoms with E-state index in [2.05, 4.69) is 10.2 Å². The van der Waals surface area contributed by atoms with Gasteiger partial charge in [-0.25, -0.2) is 0 Å². The average molecular weight is 546 g/mol. The third-order valence-electron chi connectivity index (χ3n) is 8.88. The van der Waals surface area contributed by atoms with E-state index in [0.717, 1.165) is 16.8 Å². The number of rotatable bonds is 3. The van der Waals surface area contributed by atoms with Crippen LogP contribution in [0.25, 0.3) is 0 Å². The Morgan fingerprint density at radius 3 is 2.65 bits per heavy atom. The molecule has 3 N–H and O–H groups in total. The fourth-order valence-corrected chi connectivity index (χ4v) is 6.90. The van der Waals surface area contributed by atoms with Gasteiger partial charge in [0.05, 0.1) is 19.2 Å². The quantitative estimate of drug-likeness (QED) is 0.600. The number of anilines is 1. The van der Waals surface area contributed by atoms with Crippen molar-refractivity contribution < 1.29 is 23.9 Å². The second-order valence-electron chi connectivity index (χ2n) is 11.2. The molecule has 0 aliphatic carbocycles. The molecule has 0 saturated carbocycles. The summed E-state index contributed by atoms with van der Waals surface area (Å²) in [6.45, 7) is 2.67. The summed E-state index contributed by atoms with van der Waals surface area (Å²) in [5.74, 6) is -0.217. The maximum atomic E-state index is 14.5. The van der Waals surface area contributed by atoms with E-state index in [-0.39, 0.29) is 42.6 Å².